The first-order valence-electron chi connectivity index (χ1n) is 13.8. The Labute approximate surface area is 247 Å². The van der Waals surface area contributed by atoms with Crippen molar-refractivity contribution in [1.82, 2.24) is 19.4 Å². The fourth-order valence-corrected chi connectivity index (χ4v) is 6.72. The van der Waals surface area contributed by atoms with Crippen LogP contribution in [0, 0.1) is 0 Å². The van der Waals surface area contributed by atoms with Crippen molar-refractivity contribution in [2.24, 2.45) is 0 Å². The van der Waals surface area contributed by atoms with Gasteiger partial charge in [-0.15, -0.1) is 0 Å². The number of aromatic nitrogens is 3. The lowest BCUT2D eigenvalue weighted by Gasteiger charge is -2.25. The van der Waals surface area contributed by atoms with Crippen LogP contribution in [0.5, 0.6) is 5.75 Å². The molecule has 0 aliphatic carbocycles. The van der Waals surface area contributed by atoms with Gasteiger partial charge in [0.15, 0.2) is 10.8 Å². The first-order valence-corrected chi connectivity index (χ1v) is 15.8. The quantitative estimate of drug-likeness (QED) is 0.189. The molecule has 9 nitrogen and oxygen atoms in total. The van der Waals surface area contributed by atoms with E-state index in [1.165, 1.54) is 24.6 Å². The van der Waals surface area contributed by atoms with Gasteiger partial charge in [-0.1, -0.05) is 49.4 Å². The number of carbonyl (C=O) groups excluding carboxylic acids is 1. The van der Waals surface area contributed by atoms with E-state index in [-0.39, 0.29) is 11.4 Å². The molecule has 214 valence electrons. The third-order valence-electron chi connectivity index (χ3n) is 6.99. The highest BCUT2D eigenvalue weighted by molar-refractivity contribution is 7.99. The van der Waals surface area contributed by atoms with E-state index in [2.05, 4.69) is 43.4 Å². The number of anilines is 2. The second kappa shape index (κ2) is 11.8. The van der Waals surface area contributed by atoms with Gasteiger partial charge < -0.3 is 19.5 Å². The summed E-state index contributed by atoms with van der Waals surface area (Å²) in [4.78, 5) is 20.8. The van der Waals surface area contributed by atoms with E-state index in [1.54, 1.807) is 17.4 Å². The Balaban J connectivity index is 1.06. The van der Waals surface area contributed by atoms with E-state index in [1.807, 2.05) is 62.9 Å². The van der Waals surface area contributed by atoms with Gasteiger partial charge in [0.05, 0.1) is 22.5 Å². The lowest BCUT2D eigenvalue weighted by Crippen LogP contribution is -2.33. The number of thiazole rings is 1. The van der Waals surface area contributed by atoms with Gasteiger partial charge >= 0.3 is 6.03 Å². The molecule has 2 aromatic carbocycles. The molecule has 1 fully saturated rings. The summed E-state index contributed by atoms with van der Waals surface area (Å²) >= 11 is 3.69. The molecule has 0 bridgehead atoms. The number of ether oxygens (including phenoxy) is 1. The Bertz CT molecular complexity index is 1640. The Hall–Kier alpha value is -3.54. The van der Waals surface area contributed by atoms with Crippen molar-refractivity contribution in [2.75, 3.05) is 48.4 Å². The summed E-state index contributed by atoms with van der Waals surface area (Å²) in [5.74, 6) is 4.47. The Kier molecular flexibility index (Phi) is 7.92. The van der Waals surface area contributed by atoms with Gasteiger partial charge in [-0.25, -0.2) is 9.78 Å². The van der Waals surface area contributed by atoms with Crippen molar-refractivity contribution >= 4 is 55.8 Å². The molecule has 1 aliphatic rings. The van der Waals surface area contributed by atoms with Crippen LogP contribution in [0.1, 0.15) is 33.0 Å². The summed E-state index contributed by atoms with van der Waals surface area (Å²) in [7, 11) is 0. The van der Waals surface area contributed by atoms with Crippen LogP contribution in [0.3, 0.4) is 0 Å². The van der Waals surface area contributed by atoms with Crippen molar-refractivity contribution in [1.29, 1.82) is 0 Å². The molecular formula is C30H34N6O3S2. The predicted molar refractivity (Wildman–Crippen MR) is 168 cm³/mol. The predicted octanol–water partition coefficient (Wildman–Crippen LogP) is 6.96. The summed E-state index contributed by atoms with van der Waals surface area (Å²) in [6.45, 7) is 10.3. The number of thioether (sulfide) groups is 1. The SMILES string of the molecule is CC(C)(C)c1cc(NC(=O)Nc2ccc(-c3cn4c(n3)sc3cc(OCCCN5CCSCC5)ccc34)cc2)no1. The van der Waals surface area contributed by atoms with E-state index in [4.69, 9.17) is 14.2 Å². The topological polar surface area (TPSA) is 96.9 Å². The summed E-state index contributed by atoms with van der Waals surface area (Å²) in [6.07, 6.45) is 3.09. The average Bonchev–Trinajstić information content (AvgIpc) is 3.67. The number of benzene rings is 2. The molecule has 1 saturated heterocycles. The molecule has 4 heterocycles. The van der Waals surface area contributed by atoms with Crippen LogP contribution in [0.2, 0.25) is 0 Å². The standard InChI is InChI=1S/C30H34N6O3S2/c1-30(2,3)26-18-27(34-39-26)33-28(37)31-21-7-5-20(6-8-21)23-19-36-24-10-9-22(17-25(24)41-29(36)32-23)38-14-4-11-35-12-15-40-16-13-35/h5-10,17-19H,4,11-16H2,1-3H3,(H2,31,33,34,37). The largest absolute Gasteiger partial charge is 0.493 e. The second-order valence-corrected chi connectivity index (χ2v) is 13.4. The highest BCUT2D eigenvalue weighted by Gasteiger charge is 2.20. The fraction of sp³-hybridized carbons (Fsp3) is 0.367. The van der Waals surface area contributed by atoms with Gasteiger partial charge in [-0.2, -0.15) is 11.8 Å². The highest BCUT2D eigenvalue weighted by Crippen LogP contribution is 2.32. The molecule has 0 unspecified atom stereocenters. The molecule has 0 saturated carbocycles. The monoisotopic (exact) mass is 590 g/mol. The minimum absolute atomic E-state index is 0.184. The number of hydrogen-bond acceptors (Lipinski definition) is 8. The first kappa shape index (κ1) is 27.6. The first-order chi connectivity index (χ1) is 19.8. The number of imidazole rings is 1. The maximum atomic E-state index is 12.4. The van der Waals surface area contributed by atoms with Gasteiger partial charge in [-0.05, 0) is 36.8 Å². The molecule has 1 aliphatic heterocycles. The van der Waals surface area contributed by atoms with E-state index in [0.29, 0.717) is 17.3 Å². The zero-order chi connectivity index (χ0) is 28.4. The van der Waals surface area contributed by atoms with Gasteiger partial charge in [0.1, 0.15) is 11.5 Å². The third kappa shape index (κ3) is 6.52. The van der Waals surface area contributed by atoms with Crippen molar-refractivity contribution in [2.45, 2.75) is 32.6 Å². The molecule has 41 heavy (non-hydrogen) atoms. The van der Waals surface area contributed by atoms with Crippen LogP contribution < -0.4 is 15.4 Å². The Morgan fingerprint density at radius 1 is 1.07 bits per heavy atom. The van der Waals surface area contributed by atoms with Gasteiger partial charge in [0.25, 0.3) is 0 Å². The van der Waals surface area contributed by atoms with Crippen LogP contribution in [0.25, 0.3) is 26.4 Å². The van der Waals surface area contributed by atoms with Crippen LogP contribution in [0.15, 0.2) is 59.3 Å². The normalized spacial score (nSPS) is 14.5. The third-order valence-corrected chi connectivity index (χ3v) is 8.95. The molecule has 5 aromatic rings. The van der Waals surface area contributed by atoms with E-state index < -0.39 is 0 Å². The molecule has 0 radical (unpaired) electrons. The van der Waals surface area contributed by atoms with Crippen molar-refractivity contribution in [3.05, 3.63) is 60.5 Å². The van der Waals surface area contributed by atoms with Gasteiger partial charge in [-0.3, -0.25) is 9.72 Å². The molecule has 2 N–H and O–H groups in total. The second-order valence-electron chi connectivity index (χ2n) is 11.1. The molecule has 6 rings (SSSR count). The van der Waals surface area contributed by atoms with Crippen molar-refractivity contribution < 1.29 is 14.1 Å². The fourth-order valence-electron chi connectivity index (χ4n) is 4.70. The summed E-state index contributed by atoms with van der Waals surface area (Å²) in [5, 5.41) is 9.47. The molecule has 2 amide bonds. The maximum absolute atomic E-state index is 12.4. The minimum Gasteiger partial charge on any atom is -0.493 e. The van der Waals surface area contributed by atoms with Gasteiger partial charge in [0.2, 0.25) is 0 Å². The number of urea groups is 1. The number of carbonyl (C=O) groups is 1. The van der Waals surface area contributed by atoms with Crippen molar-refractivity contribution in [3.63, 3.8) is 0 Å². The zero-order valence-electron chi connectivity index (χ0n) is 23.5. The molecular weight excluding hydrogens is 557 g/mol. The van der Waals surface area contributed by atoms with E-state index in [9.17, 15) is 4.79 Å². The lowest BCUT2D eigenvalue weighted by atomic mass is 9.93. The molecule has 3 aromatic heterocycles. The molecule has 11 heteroatoms. The summed E-state index contributed by atoms with van der Waals surface area (Å²) in [5.41, 5.74) is 3.44. The highest BCUT2D eigenvalue weighted by atomic mass is 32.2. The molecule has 0 spiro atoms. The lowest BCUT2D eigenvalue weighted by molar-refractivity contribution is 0.249. The number of nitrogens with one attached hydrogen (secondary N) is 2. The van der Waals surface area contributed by atoms with Crippen molar-refractivity contribution in [3.8, 4) is 17.0 Å². The number of fused-ring (bicyclic) bond motifs is 3. The van der Waals surface area contributed by atoms with Crippen LogP contribution in [-0.4, -0.2) is 63.2 Å². The summed E-state index contributed by atoms with van der Waals surface area (Å²) in [6, 6.07) is 15.2. The number of rotatable bonds is 8. The molecule has 0 atom stereocenters. The Morgan fingerprint density at radius 2 is 1.88 bits per heavy atom. The summed E-state index contributed by atoms with van der Waals surface area (Å²) < 4.78 is 14.7. The van der Waals surface area contributed by atoms with Crippen LogP contribution in [0.4, 0.5) is 16.3 Å². The minimum atomic E-state index is -0.384. The van der Waals surface area contributed by atoms with Gasteiger partial charge in [0, 0.05) is 60.1 Å². The maximum Gasteiger partial charge on any atom is 0.324 e. The number of hydrogen-bond donors (Lipinski definition) is 2. The number of amides is 2. The Morgan fingerprint density at radius 3 is 2.63 bits per heavy atom. The zero-order valence-corrected chi connectivity index (χ0v) is 25.1. The van der Waals surface area contributed by atoms with Crippen LogP contribution >= 0.6 is 23.1 Å². The number of nitrogens with zero attached hydrogens (tertiary/aromatic N) is 4. The van der Waals surface area contributed by atoms with E-state index in [0.717, 1.165) is 51.8 Å². The van der Waals surface area contributed by atoms with Crippen LogP contribution in [-0.2, 0) is 5.41 Å². The smallest absolute Gasteiger partial charge is 0.324 e. The van der Waals surface area contributed by atoms with E-state index >= 15 is 0 Å². The average molecular weight is 591 g/mol.